The van der Waals surface area contributed by atoms with Crippen molar-refractivity contribution in [1.29, 1.82) is 0 Å². The Morgan fingerprint density at radius 2 is 2.33 bits per heavy atom. The predicted molar refractivity (Wildman–Crippen MR) is 90.7 cm³/mol. The van der Waals surface area contributed by atoms with E-state index in [9.17, 15) is 0 Å². The molecule has 1 aromatic heterocycles. The van der Waals surface area contributed by atoms with Crippen LogP contribution in [0.3, 0.4) is 0 Å². The van der Waals surface area contributed by atoms with Gasteiger partial charge in [-0.05, 0) is 37.0 Å². The van der Waals surface area contributed by atoms with Gasteiger partial charge in [0.15, 0.2) is 0 Å². The van der Waals surface area contributed by atoms with Gasteiger partial charge in [0.2, 0.25) is 0 Å². The third-order valence-electron chi connectivity index (χ3n) is 4.00. The van der Waals surface area contributed by atoms with Crippen molar-refractivity contribution in [2.45, 2.75) is 12.8 Å². The number of nitrogens with two attached hydrogens (primary N) is 1. The highest BCUT2D eigenvalue weighted by Crippen LogP contribution is 2.33. The highest BCUT2D eigenvalue weighted by molar-refractivity contribution is 9.10. The molecule has 5 heteroatoms. The summed E-state index contributed by atoms with van der Waals surface area (Å²) in [6.45, 7) is 2.69. The van der Waals surface area contributed by atoms with E-state index in [0.717, 1.165) is 52.9 Å². The molecule has 1 aliphatic heterocycles. The lowest BCUT2D eigenvalue weighted by Crippen LogP contribution is -2.31. The van der Waals surface area contributed by atoms with Crippen LogP contribution in [0.1, 0.15) is 12.8 Å². The second-order valence-corrected chi connectivity index (χ2v) is 6.60. The molecule has 2 aromatic rings. The molecule has 0 aliphatic carbocycles. The number of fused-ring (bicyclic) bond motifs is 1. The maximum atomic E-state index is 6.19. The third-order valence-corrected chi connectivity index (χ3v) is 4.49. The van der Waals surface area contributed by atoms with E-state index in [1.807, 2.05) is 12.1 Å². The topological polar surface area (TPSA) is 51.4 Å². The summed E-state index contributed by atoms with van der Waals surface area (Å²) in [6, 6.07) is 6.10. The van der Waals surface area contributed by atoms with Crippen LogP contribution in [-0.4, -0.2) is 31.8 Å². The second kappa shape index (κ2) is 6.20. The maximum Gasteiger partial charge on any atom is 0.0745 e. The molecule has 1 atom stereocenters. The van der Waals surface area contributed by atoms with Crippen molar-refractivity contribution >= 4 is 38.2 Å². The largest absolute Gasteiger partial charge is 0.396 e. The number of benzene rings is 1. The van der Waals surface area contributed by atoms with Crippen molar-refractivity contribution in [3.05, 3.63) is 28.9 Å². The second-order valence-electron chi connectivity index (χ2n) is 5.69. The molecular formula is C16H20BrN3O. The Labute approximate surface area is 133 Å². The van der Waals surface area contributed by atoms with Crippen LogP contribution in [0, 0.1) is 5.92 Å². The molecule has 0 radical (unpaired) electrons. The van der Waals surface area contributed by atoms with E-state index in [1.165, 1.54) is 6.42 Å². The summed E-state index contributed by atoms with van der Waals surface area (Å²) in [7, 11) is 2.10. The standard InChI is InChI=1S/C16H20BrN3O/c1-20(9-11-3-2-6-21-10-11)16-13-7-12(17)4-5-15(13)19-8-14(16)18/h4-5,7-8,11H,2-3,6,9-10,18H2,1H3. The average molecular weight is 350 g/mol. The van der Waals surface area contributed by atoms with E-state index in [-0.39, 0.29) is 0 Å². The van der Waals surface area contributed by atoms with Crippen molar-refractivity contribution in [3.8, 4) is 0 Å². The lowest BCUT2D eigenvalue weighted by Gasteiger charge is -2.29. The van der Waals surface area contributed by atoms with Crippen LogP contribution in [0.4, 0.5) is 11.4 Å². The number of ether oxygens (including phenoxy) is 1. The van der Waals surface area contributed by atoms with E-state index >= 15 is 0 Å². The molecule has 112 valence electrons. The smallest absolute Gasteiger partial charge is 0.0745 e. The van der Waals surface area contributed by atoms with Crippen molar-refractivity contribution in [2.75, 3.05) is 37.4 Å². The van der Waals surface area contributed by atoms with Crippen LogP contribution in [-0.2, 0) is 4.74 Å². The number of anilines is 2. The molecule has 21 heavy (non-hydrogen) atoms. The first kappa shape index (κ1) is 14.6. The minimum absolute atomic E-state index is 0.568. The first-order valence-corrected chi connectivity index (χ1v) is 8.07. The lowest BCUT2D eigenvalue weighted by molar-refractivity contribution is 0.0577. The Morgan fingerprint density at radius 1 is 1.48 bits per heavy atom. The normalized spacial score (nSPS) is 18.9. The van der Waals surface area contributed by atoms with Crippen LogP contribution in [0.2, 0.25) is 0 Å². The summed E-state index contributed by atoms with van der Waals surface area (Å²) in [4.78, 5) is 6.66. The molecule has 3 rings (SSSR count). The number of rotatable bonds is 3. The monoisotopic (exact) mass is 349 g/mol. The Morgan fingerprint density at radius 3 is 3.10 bits per heavy atom. The van der Waals surface area contributed by atoms with Gasteiger partial charge in [-0.1, -0.05) is 15.9 Å². The Balaban J connectivity index is 1.93. The van der Waals surface area contributed by atoms with Gasteiger partial charge < -0.3 is 15.4 Å². The molecule has 1 fully saturated rings. The number of hydrogen-bond donors (Lipinski definition) is 1. The first-order chi connectivity index (χ1) is 10.1. The van der Waals surface area contributed by atoms with Gasteiger partial charge in [0, 0.05) is 30.1 Å². The number of aromatic nitrogens is 1. The lowest BCUT2D eigenvalue weighted by atomic mass is 10.0. The first-order valence-electron chi connectivity index (χ1n) is 7.28. The molecule has 0 bridgehead atoms. The predicted octanol–water partition coefficient (Wildman–Crippen LogP) is 3.44. The minimum atomic E-state index is 0.568. The molecule has 4 nitrogen and oxygen atoms in total. The zero-order chi connectivity index (χ0) is 14.8. The Bertz CT molecular complexity index is 635. The van der Waals surface area contributed by atoms with Gasteiger partial charge in [-0.2, -0.15) is 0 Å². The van der Waals surface area contributed by atoms with Crippen molar-refractivity contribution in [1.82, 2.24) is 4.98 Å². The summed E-state index contributed by atoms with van der Waals surface area (Å²) in [6.07, 6.45) is 4.12. The van der Waals surface area contributed by atoms with Crippen LogP contribution in [0.25, 0.3) is 10.9 Å². The van der Waals surface area contributed by atoms with Crippen LogP contribution in [0.15, 0.2) is 28.9 Å². The summed E-state index contributed by atoms with van der Waals surface area (Å²) >= 11 is 3.53. The summed E-state index contributed by atoms with van der Waals surface area (Å²) in [5.41, 5.74) is 8.94. The fourth-order valence-electron chi connectivity index (χ4n) is 3.02. The molecule has 0 amide bonds. The zero-order valence-electron chi connectivity index (χ0n) is 12.2. The van der Waals surface area contributed by atoms with Crippen molar-refractivity contribution < 1.29 is 4.74 Å². The molecule has 0 spiro atoms. The van der Waals surface area contributed by atoms with Crippen LogP contribution >= 0.6 is 15.9 Å². The van der Waals surface area contributed by atoms with Crippen LogP contribution < -0.4 is 10.6 Å². The minimum Gasteiger partial charge on any atom is -0.396 e. The summed E-state index contributed by atoms with van der Waals surface area (Å²) < 4.78 is 6.62. The molecule has 1 aliphatic rings. The van der Waals surface area contributed by atoms with Gasteiger partial charge in [-0.15, -0.1) is 0 Å². The molecular weight excluding hydrogens is 330 g/mol. The number of halogens is 1. The Hall–Kier alpha value is -1.33. The molecule has 1 aromatic carbocycles. The summed E-state index contributed by atoms with van der Waals surface area (Å²) in [5, 5.41) is 1.09. The quantitative estimate of drug-likeness (QED) is 0.921. The van der Waals surface area contributed by atoms with Gasteiger partial charge >= 0.3 is 0 Å². The number of nitrogen functional groups attached to an aromatic ring is 1. The zero-order valence-corrected chi connectivity index (χ0v) is 13.8. The number of nitrogens with zero attached hydrogens (tertiary/aromatic N) is 2. The fraction of sp³-hybridized carbons (Fsp3) is 0.438. The SMILES string of the molecule is CN(CC1CCCOC1)c1c(N)cnc2ccc(Br)cc12. The molecule has 2 heterocycles. The van der Waals surface area contributed by atoms with Gasteiger partial charge in [0.05, 0.1) is 29.7 Å². The van der Waals surface area contributed by atoms with Gasteiger partial charge in [0.1, 0.15) is 0 Å². The highest BCUT2D eigenvalue weighted by Gasteiger charge is 2.19. The molecule has 1 unspecified atom stereocenters. The highest BCUT2D eigenvalue weighted by atomic mass is 79.9. The molecule has 1 saturated heterocycles. The van der Waals surface area contributed by atoms with Gasteiger partial charge in [-0.3, -0.25) is 4.98 Å². The third kappa shape index (κ3) is 3.14. The van der Waals surface area contributed by atoms with Crippen molar-refractivity contribution in [3.63, 3.8) is 0 Å². The molecule has 2 N–H and O–H groups in total. The van der Waals surface area contributed by atoms with Crippen LogP contribution in [0.5, 0.6) is 0 Å². The molecule has 0 saturated carbocycles. The maximum absolute atomic E-state index is 6.19. The van der Waals surface area contributed by atoms with Crippen molar-refractivity contribution in [2.24, 2.45) is 5.92 Å². The van der Waals surface area contributed by atoms with E-state index in [0.29, 0.717) is 5.92 Å². The summed E-state index contributed by atoms with van der Waals surface area (Å²) in [5.74, 6) is 0.568. The number of pyridine rings is 1. The van der Waals surface area contributed by atoms with E-state index < -0.39 is 0 Å². The van der Waals surface area contributed by atoms with Gasteiger partial charge in [-0.25, -0.2) is 0 Å². The van der Waals surface area contributed by atoms with Gasteiger partial charge in [0.25, 0.3) is 0 Å². The average Bonchev–Trinajstić information content (AvgIpc) is 2.47. The van der Waals surface area contributed by atoms with E-state index in [4.69, 9.17) is 10.5 Å². The van der Waals surface area contributed by atoms with E-state index in [1.54, 1.807) is 6.20 Å². The van der Waals surface area contributed by atoms with E-state index in [2.05, 4.69) is 38.9 Å². The Kier molecular flexibility index (Phi) is 4.31. The number of hydrogen-bond acceptors (Lipinski definition) is 4. The fourth-order valence-corrected chi connectivity index (χ4v) is 3.38.